The number of hydrogen-bond donors (Lipinski definition) is 4. The van der Waals surface area contributed by atoms with Crippen molar-refractivity contribution in [1.29, 1.82) is 0 Å². The molecule has 0 spiro atoms. The quantitative estimate of drug-likeness (QED) is 0.422. The molecule has 1 aromatic heterocycles. The number of carbonyl (C=O) groups excluding carboxylic acids is 1. The van der Waals surface area contributed by atoms with Gasteiger partial charge in [0.1, 0.15) is 5.69 Å². The van der Waals surface area contributed by atoms with E-state index in [0.717, 1.165) is 16.0 Å². The lowest BCUT2D eigenvalue weighted by Crippen LogP contribution is -2.36. The molecule has 3 N–H and O–H groups in total. The van der Waals surface area contributed by atoms with Crippen LogP contribution in [-0.2, 0) is 11.3 Å². The molecule has 31 heavy (non-hydrogen) atoms. The molecule has 0 bridgehead atoms. The van der Waals surface area contributed by atoms with E-state index in [1.165, 1.54) is 10.6 Å². The third-order valence-electron chi connectivity index (χ3n) is 4.76. The summed E-state index contributed by atoms with van der Waals surface area (Å²) in [6.07, 6.45) is 1.35. The number of pyridine rings is 1. The molecule has 2 amide bonds. The van der Waals surface area contributed by atoms with Crippen molar-refractivity contribution in [2.24, 2.45) is 0 Å². The number of anilines is 1. The van der Waals surface area contributed by atoms with Gasteiger partial charge in [-0.3, -0.25) is 9.59 Å². The van der Waals surface area contributed by atoms with E-state index < -0.39 is 18.0 Å². The van der Waals surface area contributed by atoms with Crippen molar-refractivity contribution in [3.63, 3.8) is 0 Å². The first-order chi connectivity index (χ1) is 14.8. The van der Waals surface area contributed by atoms with E-state index in [2.05, 4.69) is 23.3 Å². The molecule has 8 heteroatoms. The summed E-state index contributed by atoms with van der Waals surface area (Å²) in [5.41, 5.74) is 2.28. The van der Waals surface area contributed by atoms with Gasteiger partial charge in [-0.05, 0) is 36.2 Å². The highest BCUT2D eigenvalue weighted by atomic mass is 32.1. The maximum absolute atomic E-state index is 12.8. The molecule has 0 fully saturated rings. The number of carboxylic acids is 1. The Morgan fingerprint density at radius 3 is 2.45 bits per heavy atom. The second kappa shape index (κ2) is 9.99. The van der Waals surface area contributed by atoms with Crippen LogP contribution in [0.3, 0.4) is 0 Å². The Bertz CT molecular complexity index is 1140. The molecule has 3 rings (SSSR count). The van der Waals surface area contributed by atoms with Crippen molar-refractivity contribution in [3.8, 4) is 0 Å². The van der Waals surface area contributed by atoms with Crippen LogP contribution in [0.2, 0.25) is 0 Å². The molecule has 0 aliphatic heterocycles. The number of amides is 2. The van der Waals surface area contributed by atoms with Crippen LogP contribution >= 0.6 is 12.6 Å². The highest BCUT2D eigenvalue weighted by Gasteiger charge is 2.19. The third-order valence-corrected chi connectivity index (χ3v) is 5.20. The lowest BCUT2D eigenvalue weighted by molar-refractivity contribution is -0.137. The average molecular weight is 438 g/mol. The number of thiol groups is 1. The molecule has 7 nitrogen and oxygen atoms in total. The zero-order valence-corrected chi connectivity index (χ0v) is 17.8. The standard InChI is InChI=1S/C23H23N3O4S/c1-15-8-10-16(11-9-15)19(13-21(27)28)25-23(30)24-18-6-4-12-26(22(18)29)14-17-5-2-3-7-20(17)31/h2-12,19,31H,13-14H2,1H3,(H,27,28)(H2,24,25,30)/t19-/m0/s1. The van der Waals surface area contributed by atoms with Gasteiger partial charge in [0.25, 0.3) is 5.56 Å². The SMILES string of the molecule is Cc1ccc([C@H](CC(=O)O)NC(=O)Nc2cccn(Cc3ccccc3S)c2=O)cc1. The molecule has 3 aromatic rings. The third kappa shape index (κ3) is 5.99. The van der Waals surface area contributed by atoms with E-state index in [0.29, 0.717) is 12.1 Å². The van der Waals surface area contributed by atoms with Crippen LogP contribution in [0.15, 0.2) is 76.6 Å². The summed E-state index contributed by atoms with van der Waals surface area (Å²) in [6.45, 7) is 2.23. The van der Waals surface area contributed by atoms with Crippen molar-refractivity contribution >= 4 is 30.3 Å². The highest BCUT2D eigenvalue weighted by molar-refractivity contribution is 7.80. The molecule has 2 aromatic carbocycles. The van der Waals surface area contributed by atoms with Gasteiger partial charge in [-0.1, -0.05) is 48.0 Å². The summed E-state index contributed by atoms with van der Waals surface area (Å²) in [4.78, 5) is 37.4. The lowest BCUT2D eigenvalue weighted by Gasteiger charge is -2.18. The molecular weight excluding hydrogens is 414 g/mol. The fraction of sp³-hybridized carbons (Fsp3) is 0.174. The zero-order chi connectivity index (χ0) is 22.4. The van der Waals surface area contributed by atoms with Crippen molar-refractivity contribution < 1.29 is 14.7 Å². The fourth-order valence-corrected chi connectivity index (χ4v) is 3.36. The Hall–Kier alpha value is -3.52. The number of aliphatic carboxylic acids is 1. The van der Waals surface area contributed by atoms with Crippen LogP contribution in [0.5, 0.6) is 0 Å². The number of rotatable bonds is 7. The molecule has 0 unspecified atom stereocenters. The van der Waals surface area contributed by atoms with Crippen LogP contribution in [0.25, 0.3) is 0 Å². The predicted molar refractivity (Wildman–Crippen MR) is 122 cm³/mol. The first kappa shape index (κ1) is 22.2. The van der Waals surface area contributed by atoms with E-state index in [1.54, 1.807) is 24.4 Å². The summed E-state index contributed by atoms with van der Waals surface area (Å²) >= 11 is 4.41. The van der Waals surface area contributed by atoms with Gasteiger partial charge >= 0.3 is 12.0 Å². The molecule has 1 heterocycles. The Morgan fingerprint density at radius 1 is 1.06 bits per heavy atom. The summed E-state index contributed by atoms with van der Waals surface area (Å²) < 4.78 is 1.47. The molecular formula is C23H23N3O4S. The average Bonchev–Trinajstić information content (AvgIpc) is 2.72. The van der Waals surface area contributed by atoms with Gasteiger partial charge in [0.05, 0.1) is 19.0 Å². The second-order valence-electron chi connectivity index (χ2n) is 7.14. The predicted octanol–water partition coefficient (Wildman–Crippen LogP) is 3.83. The number of hydrogen-bond acceptors (Lipinski definition) is 4. The Morgan fingerprint density at radius 2 is 1.77 bits per heavy atom. The van der Waals surface area contributed by atoms with Crippen molar-refractivity contribution in [2.75, 3.05) is 5.32 Å². The number of nitrogens with zero attached hydrogens (tertiary/aromatic N) is 1. The van der Waals surface area contributed by atoms with Gasteiger partial charge in [0.2, 0.25) is 0 Å². The fourth-order valence-electron chi connectivity index (χ4n) is 3.13. The summed E-state index contributed by atoms with van der Waals surface area (Å²) in [7, 11) is 0. The lowest BCUT2D eigenvalue weighted by atomic mass is 10.0. The largest absolute Gasteiger partial charge is 0.481 e. The maximum Gasteiger partial charge on any atom is 0.319 e. The van der Waals surface area contributed by atoms with E-state index in [-0.39, 0.29) is 17.7 Å². The molecule has 1 atom stereocenters. The van der Waals surface area contributed by atoms with Crippen LogP contribution < -0.4 is 16.2 Å². The number of carboxylic acid groups (broad SMARTS) is 1. The van der Waals surface area contributed by atoms with Gasteiger partial charge in [-0.25, -0.2) is 4.79 Å². The van der Waals surface area contributed by atoms with Crippen molar-refractivity contribution in [1.82, 2.24) is 9.88 Å². The van der Waals surface area contributed by atoms with E-state index in [1.807, 2.05) is 43.3 Å². The molecule has 0 saturated heterocycles. The van der Waals surface area contributed by atoms with E-state index >= 15 is 0 Å². The topological polar surface area (TPSA) is 100 Å². The minimum absolute atomic E-state index is 0.0922. The number of urea groups is 1. The summed E-state index contributed by atoms with van der Waals surface area (Å²) in [5.74, 6) is -1.04. The summed E-state index contributed by atoms with van der Waals surface area (Å²) in [6, 6.07) is 16.4. The smallest absolute Gasteiger partial charge is 0.319 e. The van der Waals surface area contributed by atoms with Crippen LogP contribution in [0.1, 0.15) is 29.2 Å². The Balaban J connectivity index is 1.76. The van der Waals surface area contributed by atoms with Gasteiger partial charge in [-0.2, -0.15) is 0 Å². The highest BCUT2D eigenvalue weighted by Crippen LogP contribution is 2.18. The first-order valence-corrected chi connectivity index (χ1v) is 10.1. The van der Waals surface area contributed by atoms with Gasteiger partial charge in [0.15, 0.2) is 0 Å². The Labute approximate surface area is 185 Å². The number of benzene rings is 2. The molecule has 160 valence electrons. The summed E-state index contributed by atoms with van der Waals surface area (Å²) in [5, 5.41) is 14.4. The monoisotopic (exact) mass is 437 g/mol. The number of aromatic nitrogens is 1. The van der Waals surface area contributed by atoms with Crippen LogP contribution in [-0.4, -0.2) is 21.7 Å². The zero-order valence-electron chi connectivity index (χ0n) is 16.9. The van der Waals surface area contributed by atoms with Crippen LogP contribution in [0.4, 0.5) is 10.5 Å². The number of carbonyl (C=O) groups is 2. The minimum atomic E-state index is -1.04. The minimum Gasteiger partial charge on any atom is -0.481 e. The Kier molecular flexibility index (Phi) is 7.15. The molecule has 0 radical (unpaired) electrons. The second-order valence-corrected chi connectivity index (χ2v) is 7.63. The molecule has 0 aliphatic rings. The van der Waals surface area contributed by atoms with Crippen molar-refractivity contribution in [3.05, 3.63) is 93.9 Å². The van der Waals surface area contributed by atoms with Crippen LogP contribution in [0, 0.1) is 6.92 Å². The van der Waals surface area contributed by atoms with Gasteiger partial charge in [-0.15, -0.1) is 12.6 Å². The number of nitrogens with one attached hydrogen (secondary N) is 2. The van der Waals surface area contributed by atoms with E-state index in [4.69, 9.17) is 0 Å². The number of aryl methyl sites for hydroxylation is 1. The van der Waals surface area contributed by atoms with E-state index in [9.17, 15) is 19.5 Å². The normalized spacial score (nSPS) is 11.5. The first-order valence-electron chi connectivity index (χ1n) is 9.65. The molecule has 0 aliphatic carbocycles. The molecule has 0 saturated carbocycles. The maximum atomic E-state index is 12.8. The van der Waals surface area contributed by atoms with Gasteiger partial charge in [0, 0.05) is 11.1 Å². The van der Waals surface area contributed by atoms with Crippen molar-refractivity contribution in [2.45, 2.75) is 30.8 Å². The van der Waals surface area contributed by atoms with Gasteiger partial charge < -0.3 is 20.3 Å².